The molecule has 1 fully saturated rings. The molecule has 1 aliphatic rings. The summed E-state index contributed by atoms with van der Waals surface area (Å²) >= 11 is 0. The molecule has 1 aliphatic carbocycles. The minimum atomic E-state index is -0.515. The molecule has 0 saturated heterocycles. The van der Waals surface area contributed by atoms with Crippen molar-refractivity contribution >= 4 is 6.03 Å². The molecule has 0 bridgehead atoms. The van der Waals surface area contributed by atoms with Crippen LogP contribution in [-0.2, 0) is 6.54 Å². The Morgan fingerprint density at radius 3 is 2.85 bits per heavy atom. The zero-order valence-corrected chi connectivity index (χ0v) is 12.0. The Kier molecular flexibility index (Phi) is 4.49. The zero-order chi connectivity index (χ0) is 14.6. The Labute approximate surface area is 119 Å². The molecule has 1 aromatic rings. The van der Waals surface area contributed by atoms with Gasteiger partial charge in [0.1, 0.15) is 5.75 Å². The minimum Gasteiger partial charge on any atom is -0.497 e. The highest BCUT2D eigenvalue weighted by Crippen LogP contribution is 2.39. The van der Waals surface area contributed by atoms with E-state index in [1.54, 1.807) is 7.11 Å². The summed E-state index contributed by atoms with van der Waals surface area (Å²) in [5.74, 6) is 1.15. The smallest absolute Gasteiger partial charge is 0.315 e. The van der Waals surface area contributed by atoms with Crippen molar-refractivity contribution in [3.8, 4) is 5.75 Å². The van der Waals surface area contributed by atoms with Crippen molar-refractivity contribution in [3.05, 3.63) is 29.8 Å². The molecule has 110 valence electrons. The molecule has 3 N–H and O–H groups in total. The van der Waals surface area contributed by atoms with Gasteiger partial charge in [-0.1, -0.05) is 12.1 Å². The topological polar surface area (TPSA) is 70.6 Å². The number of carbonyl (C=O) groups excluding carboxylic acids is 1. The number of aliphatic hydroxyl groups is 1. The molecule has 2 amide bonds. The molecular formula is C15H22N2O3. The van der Waals surface area contributed by atoms with E-state index in [-0.39, 0.29) is 12.6 Å². The number of rotatable bonds is 6. The first-order valence-corrected chi connectivity index (χ1v) is 6.87. The van der Waals surface area contributed by atoms with Crippen LogP contribution in [0, 0.1) is 5.92 Å². The van der Waals surface area contributed by atoms with E-state index in [9.17, 15) is 9.90 Å². The molecule has 0 heterocycles. The van der Waals surface area contributed by atoms with E-state index in [0.29, 0.717) is 12.5 Å². The molecule has 0 aliphatic heterocycles. The van der Waals surface area contributed by atoms with Crippen LogP contribution in [0.2, 0.25) is 0 Å². The monoisotopic (exact) mass is 278 g/mol. The van der Waals surface area contributed by atoms with Gasteiger partial charge in [0.05, 0.1) is 19.3 Å². The lowest BCUT2D eigenvalue weighted by Crippen LogP contribution is -2.53. The summed E-state index contributed by atoms with van der Waals surface area (Å²) in [5, 5.41) is 15.1. The van der Waals surface area contributed by atoms with Gasteiger partial charge in [0, 0.05) is 6.54 Å². The van der Waals surface area contributed by atoms with E-state index in [1.165, 1.54) is 0 Å². The second kappa shape index (κ2) is 6.13. The van der Waals surface area contributed by atoms with E-state index in [4.69, 9.17) is 4.74 Å². The number of ether oxygens (including phenoxy) is 1. The molecule has 0 radical (unpaired) electrons. The highest BCUT2D eigenvalue weighted by Gasteiger charge is 2.42. The molecule has 1 unspecified atom stereocenters. The number of amides is 2. The van der Waals surface area contributed by atoms with Crippen LogP contribution in [0.5, 0.6) is 5.75 Å². The van der Waals surface area contributed by atoms with Gasteiger partial charge in [0.15, 0.2) is 0 Å². The van der Waals surface area contributed by atoms with Crippen molar-refractivity contribution in [3.63, 3.8) is 0 Å². The number of urea groups is 1. The number of methoxy groups -OCH3 is 1. The summed E-state index contributed by atoms with van der Waals surface area (Å²) in [6.07, 6.45) is 2.13. The summed E-state index contributed by atoms with van der Waals surface area (Å²) in [5.41, 5.74) is 0.454. The van der Waals surface area contributed by atoms with Gasteiger partial charge < -0.3 is 20.5 Å². The molecule has 2 rings (SSSR count). The molecule has 0 aromatic heterocycles. The van der Waals surface area contributed by atoms with Gasteiger partial charge in [-0.25, -0.2) is 4.79 Å². The van der Waals surface area contributed by atoms with Crippen LogP contribution in [0.15, 0.2) is 24.3 Å². The van der Waals surface area contributed by atoms with Crippen LogP contribution in [0.3, 0.4) is 0 Å². The fourth-order valence-electron chi connectivity index (χ4n) is 2.26. The second-order valence-corrected chi connectivity index (χ2v) is 5.51. The van der Waals surface area contributed by atoms with Crippen molar-refractivity contribution < 1.29 is 14.6 Å². The van der Waals surface area contributed by atoms with Crippen LogP contribution < -0.4 is 15.4 Å². The summed E-state index contributed by atoms with van der Waals surface area (Å²) in [6.45, 7) is 2.27. The van der Waals surface area contributed by atoms with Crippen LogP contribution in [0.4, 0.5) is 4.79 Å². The van der Waals surface area contributed by atoms with Crippen molar-refractivity contribution in [1.82, 2.24) is 10.6 Å². The van der Waals surface area contributed by atoms with E-state index in [0.717, 1.165) is 24.2 Å². The zero-order valence-electron chi connectivity index (χ0n) is 12.0. The van der Waals surface area contributed by atoms with Gasteiger partial charge in [-0.05, 0) is 43.4 Å². The molecule has 1 saturated carbocycles. The van der Waals surface area contributed by atoms with E-state index >= 15 is 0 Å². The highest BCUT2D eigenvalue weighted by molar-refractivity contribution is 5.74. The number of aliphatic hydroxyl groups excluding tert-OH is 1. The van der Waals surface area contributed by atoms with E-state index in [1.807, 2.05) is 31.2 Å². The lowest BCUT2D eigenvalue weighted by Gasteiger charge is -2.28. The Morgan fingerprint density at radius 1 is 1.50 bits per heavy atom. The van der Waals surface area contributed by atoms with Gasteiger partial charge in [-0.15, -0.1) is 0 Å². The maximum Gasteiger partial charge on any atom is 0.315 e. The first-order valence-electron chi connectivity index (χ1n) is 6.87. The minimum absolute atomic E-state index is 0.0375. The molecule has 0 spiro atoms. The summed E-state index contributed by atoms with van der Waals surface area (Å²) in [7, 11) is 1.61. The third-order valence-electron chi connectivity index (χ3n) is 3.79. The number of hydrogen-bond donors (Lipinski definition) is 3. The third kappa shape index (κ3) is 3.63. The molecule has 1 atom stereocenters. The standard InChI is InChI=1S/C15H22N2O3/c1-15(10-18,12-6-7-12)17-14(19)16-9-11-4-3-5-13(8-11)20-2/h3-5,8,12,18H,6-7,9-10H2,1-2H3,(H2,16,17,19). The largest absolute Gasteiger partial charge is 0.497 e. The van der Waals surface area contributed by atoms with Gasteiger partial charge in [-0.3, -0.25) is 0 Å². The van der Waals surface area contributed by atoms with Crippen molar-refractivity contribution in [2.45, 2.75) is 31.8 Å². The SMILES string of the molecule is COc1cccc(CNC(=O)NC(C)(CO)C2CC2)c1. The van der Waals surface area contributed by atoms with Crippen LogP contribution >= 0.6 is 0 Å². The van der Waals surface area contributed by atoms with E-state index < -0.39 is 5.54 Å². The average molecular weight is 278 g/mol. The molecule has 5 nitrogen and oxygen atoms in total. The predicted octanol–water partition coefficient (Wildman–Crippen LogP) is 1.66. The van der Waals surface area contributed by atoms with Crippen molar-refractivity contribution in [1.29, 1.82) is 0 Å². The Bertz CT molecular complexity index is 474. The van der Waals surface area contributed by atoms with Crippen LogP contribution in [-0.4, -0.2) is 30.4 Å². The van der Waals surface area contributed by atoms with Crippen molar-refractivity contribution in [2.24, 2.45) is 5.92 Å². The number of nitrogens with one attached hydrogen (secondary N) is 2. The number of benzene rings is 1. The van der Waals surface area contributed by atoms with Gasteiger partial charge in [-0.2, -0.15) is 0 Å². The Balaban J connectivity index is 1.85. The molecule has 20 heavy (non-hydrogen) atoms. The Morgan fingerprint density at radius 2 is 2.25 bits per heavy atom. The van der Waals surface area contributed by atoms with Crippen LogP contribution in [0.25, 0.3) is 0 Å². The third-order valence-corrected chi connectivity index (χ3v) is 3.79. The maximum atomic E-state index is 11.9. The normalized spacial score (nSPS) is 17.1. The molecule has 1 aromatic carbocycles. The summed E-state index contributed by atoms with van der Waals surface area (Å²) < 4.78 is 5.14. The summed E-state index contributed by atoms with van der Waals surface area (Å²) in [4.78, 5) is 11.9. The average Bonchev–Trinajstić information content (AvgIpc) is 3.30. The second-order valence-electron chi connectivity index (χ2n) is 5.51. The van der Waals surface area contributed by atoms with Gasteiger partial charge in [0.2, 0.25) is 0 Å². The lowest BCUT2D eigenvalue weighted by atomic mass is 9.97. The number of hydrogen-bond acceptors (Lipinski definition) is 3. The first kappa shape index (κ1) is 14.7. The van der Waals surface area contributed by atoms with Gasteiger partial charge in [0.25, 0.3) is 0 Å². The fraction of sp³-hybridized carbons (Fsp3) is 0.533. The maximum absolute atomic E-state index is 11.9. The number of carbonyl (C=O) groups is 1. The predicted molar refractivity (Wildman–Crippen MR) is 76.6 cm³/mol. The van der Waals surface area contributed by atoms with Crippen LogP contribution in [0.1, 0.15) is 25.3 Å². The summed E-state index contributed by atoms with van der Waals surface area (Å²) in [6, 6.07) is 7.30. The molecular weight excluding hydrogens is 256 g/mol. The highest BCUT2D eigenvalue weighted by atomic mass is 16.5. The molecule has 5 heteroatoms. The first-order chi connectivity index (χ1) is 9.57. The van der Waals surface area contributed by atoms with Gasteiger partial charge >= 0.3 is 6.03 Å². The van der Waals surface area contributed by atoms with E-state index in [2.05, 4.69) is 10.6 Å². The quantitative estimate of drug-likeness (QED) is 0.741. The lowest BCUT2D eigenvalue weighted by molar-refractivity contribution is 0.155. The van der Waals surface area contributed by atoms with Crippen molar-refractivity contribution in [2.75, 3.05) is 13.7 Å². The fourth-order valence-corrected chi connectivity index (χ4v) is 2.26. The Hall–Kier alpha value is -1.75.